The summed E-state index contributed by atoms with van der Waals surface area (Å²) in [6.07, 6.45) is -0.126. The molecule has 0 aliphatic heterocycles. The van der Waals surface area contributed by atoms with E-state index < -0.39 is 18.1 Å². The zero-order valence-corrected chi connectivity index (χ0v) is 17.5. The number of aliphatic imine (C=N–C) groups is 1. The molecule has 1 unspecified atom stereocenters. The van der Waals surface area contributed by atoms with Crippen LogP contribution in [0.25, 0.3) is 10.4 Å². The highest BCUT2D eigenvalue weighted by molar-refractivity contribution is 7.80. The Morgan fingerprint density at radius 2 is 2.04 bits per heavy atom. The lowest BCUT2D eigenvalue weighted by Crippen LogP contribution is -2.42. The first-order chi connectivity index (χ1) is 13.4. The SMILES string of the molecule is CN=C(N)NCCCC(NC(=O)Oc1ccc(-c2cc(=S)ss2)cc1)C(=O)O. The fourth-order valence-electron chi connectivity index (χ4n) is 2.20. The second kappa shape index (κ2) is 10.7. The Morgan fingerprint density at radius 1 is 1.32 bits per heavy atom. The molecule has 1 heterocycles. The van der Waals surface area contributed by atoms with Crippen LogP contribution < -0.4 is 21.1 Å². The number of benzene rings is 1. The quantitative estimate of drug-likeness (QED) is 0.163. The molecular weight excluding hydrogens is 420 g/mol. The number of nitrogens with one attached hydrogen (secondary N) is 2. The van der Waals surface area contributed by atoms with Gasteiger partial charge in [0.15, 0.2) is 5.96 Å². The molecule has 2 aromatic rings. The summed E-state index contributed by atoms with van der Waals surface area (Å²) in [5.41, 5.74) is 6.46. The Labute approximate surface area is 174 Å². The molecule has 0 aliphatic rings. The van der Waals surface area contributed by atoms with Gasteiger partial charge < -0.3 is 26.2 Å². The minimum absolute atomic E-state index is 0.219. The van der Waals surface area contributed by atoms with Crippen molar-refractivity contribution in [2.24, 2.45) is 10.7 Å². The number of carboxylic acids is 1. The summed E-state index contributed by atoms with van der Waals surface area (Å²) in [6.45, 7) is 0.445. The Morgan fingerprint density at radius 3 is 2.61 bits per heavy atom. The molecule has 5 N–H and O–H groups in total. The number of nitrogens with two attached hydrogens (primary N) is 1. The van der Waals surface area contributed by atoms with Crippen LogP contribution in [-0.2, 0) is 4.79 Å². The average Bonchev–Trinajstić information content (AvgIpc) is 3.10. The molecular formula is C17H20N4O4S3. The van der Waals surface area contributed by atoms with E-state index in [1.807, 2.05) is 18.2 Å². The maximum absolute atomic E-state index is 12.0. The summed E-state index contributed by atoms with van der Waals surface area (Å²) < 4.78 is 5.99. The van der Waals surface area contributed by atoms with Crippen molar-refractivity contribution in [2.75, 3.05) is 13.6 Å². The fourth-order valence-corrected chi connectivity index (χ4v) is 4.60. The number of hydrogen-bond acceptors (Lipinski definition) is 7. The average molecular weight is 441 g/mol. The lowest BCUT2D eigenvalue weighted by molar-refractivity contribution is -0.139. The molecule has 0 saturated carbocycles. The van der Waals surface area contributed by atoms with Crippen molar-refractivity contribution in [2.45, 2.75) is 18.9 Å². The summed E-state index contributed by atoms with van der Waals surface area (Å²) in [4.78, 5) is 28.1. The number of ether oxygens (including phenoxy) is 1. The summed E-state index contributed by atoms with van der Waals surface area (Å²) in [5.74, 6) is -0.546. The van der Waals surface area contributed by atoms with Crippen LogP contribution in [0.5, 0.6) is 5.75 Å². The number of guanidine groups is 1. The maximum atomic E-state index is 12.0. The Balaban J connectivity index is 1.86. The molecule has 150 valence electrons. The van der Waals surface area contributed by atoms with Crippen molar-refractivity contribution in [3.05, 3.63) is 34.2 Å². The molecule has 11 heteroatoms. The van der Waals surface area contributed by atoms with Gasteiger partial charge in [0, 0.05) is 18.5 Å². The van der Waals surface area contributed by atoms with Crippen molar-refractivity contribution in [3.8, 4) is 16.2 Å². The van der Waals surface area contributed by atoms with Gasteiger partial charge in [-0.15, -0.1) is 0 Å². The third-order valence-corrected chi connectivity index (χ3v) is 6.53. The number of nitrogens with zero attached hydrogens (tertiary/aromatic N) is 1. The van der Waals surface area contributed by atoms with E-state index in [2.05, 4.69) is 15.6 Å². The third kappa shape index (κ3) is 6.91. The fraction of sp³-hybridized carbons (Fsp3) is 0.294. The summed E-state index contributed by atoms with van der Waals surface area (Å²) in [5, 5.41) is 14.4. The van der Waals surface area contributed by atoms with E-state index in [4.69, 9.17) is 22.7 Å². The maximum Gasteiger partial charge on any atom is 0.413 e. The van der Waals surface area contributed by atoms with Gasteiger partial charge in [0.05, 0.1) is 0 Å². The third-order valence-electron chi connectivity index (χ3n) is 3.62. The van der Waals surface area contributed by atoms with E-state index in [-0.39, 0.29) is 12.4 Å². The van der Waals surface area contributed by atoms with Crippen molar-refractivity contribution in [1.82, 2.24) is 10.6 Å². The van der Waals surface area contributed by atoms with Gasteiger partial charge in [0.1, 0.15) is 15.6 Å². The highest BCUT2D eigenvalue weighted by Gasteiger charge is 2.20. The zero-order valence-electron chi connectivity index (χ0n) is 15.0. The Hall–Kier alpha value is -2.50. The normalized spacial score (nSPS) is 12.2. The van der Waals surface area contributed by atoms with Crippen LogP contribution >= 0.6 is 32.9 Å². The van der Waals surface area contributed by atoms with E-state index in [9.17, 15) is 14.7 Å². The molecule has 1 aromatic heterocycles. The molecule has 8 nitrogen and oxygen atoms in total. The number of aliphatic carboxylic acids is 1. The molecule has 1 amide bonds. The first-order valence-electron chi connectivity index (χ1n) is 8.27. The van der Waals surface area contributed by atoms with Gasteiger partial charge in [0.2, 0.25) is 0 Å². The first-order valence-corrected chi connectivity index (χ1v) is 10.8. The van der Waals surface area contributed by atoms with Gasteiger partial charge in [-0.2, -0.15) is 0 Å². The van der Waals surface area contributed by atoms with Crippen LogP contribution in [0.3, 0.4) is 0 Å². The van der Waals surface area contributed by atoms with Gasteiger partial charge in [-0.05, 0) is 48.7 Å². The zero-order chi connectivity index (χ0) is 20.5. The minimum atomic E-state index is -1.14. The number of carbonyl (C=O) groups is 2. The second-order valence-electron chi connectivity index (χ2n) is 5.62. The standard InChI is InChI=1S/C17H20N4O4S3/c1-19-16(18)20-8-2-3-12(15(22)23)21-17(24)25-11-6-4-10(5-7-11)13-9-14(26)28-27-13/h4-7,9,12H,2-3,8H2,1H3,(H,21,24)(H,22,23)(H3,18,19,20). The smallest absolute Gasteiger partial charge is 0.413 e. The molecule has 0 aliphatic carbocycles. The van der Waals surface area contributed by atoms with E-state index in [0.717, 1.165) is 14.3 Å². The number of carbonyl (C=O) groups excluding carboxylic acids is 1. The van der Waals surface area contributed by atoms with Crippen LogP contribution in [0.2, 0.25) is 0 Å². The van der Waals surface area contributed by atoms with Gasteiger partial charge in [-0.3, -0.25) is 4.99 Å². The first kappa shape index (κ1) is 21.8. The van der Waals surface area contributed by atoms with Crippen LogP contribution in [0, 0.1) is 3.82 Å². The number of carboxylic acid groups (broad SMARTS) is 1. The predicted octanol–water partition coefficient (Wildman–Crippen LogP) is 3.06. The monoisotopic (exact) mass is 440 g/mol. The van der Waals surface area contributed by atoms with Crippen LogP contribution in [0.1, 0.15) is 12.8 Å². The molecule has 0 spiro atoms. The minimum Gasteiger partial charge on any atom is -0.480 e. The number of rotatable bonds is 8. The summed E-state index contributed by atoms with van der Waals surface area (Å²) >= 11 is 5.12. The highest BCUT2D eigenvalue weighted by atomic mass is 32.9. The van der Waals surface area contributed by atoms with Crippen molar-refractivity contribution >= 4 is 50.9 Å². The number of amides is 1. The second-order valence-corrected chi connectivity index (χ2v) is 8.53. The molecule has 28 heavy (non-hydrogen) atoms. The topological polar surface area (TPSA) is 126 Å². The highest BCUT2D eigenvalue weighted by Crippen LogP contribution is 2.30. The van der Waals surface area contributed by atoms with Crippen molar-refractivity contribution < 1.29 is 19.4 Å². The van der Waals surface area contributed by atoms with Crippen LogP contribution in [0.4, 0.5) is 4.79 Å². The van der Waals surface area contributed by atoms with Crippen LogP contribution in [-0.4, -0.2) is 42.8 Å². The van der Waals surface area contributed by atoms with E-state index >= 15 is 0 Å². The summed E-state index contributed by atoms with van der Waals surface area (Å²) in [6, 6.07) is 7.78. The van der Waals surface area contributed by atoms with Gasteiger partial charge in [-0.1, -0.05) is 32.9 Å². The molecule has 0 fully saturated rings. The lowest BCUT2D eigenvalue weighted by atomic mass is 10.1. The van der Waals surface area contributed by atoms with Gasteiger partial charge >= 0.3 is 12.1 Å². The molecule has 1 atom stereocenters. The number of hydrogen-bond donors (Lipinski definition) is 4. The molecule has 1 aromatic carbocycles. The lowest BCUT2D eigenvalue weighted by Gasteiger charge is -2.14. The van der Waals surface area contributed by atoms with Gasteiger partial charge in [-0.25, -0.2) is 9.59 Å². The Kier molecular flexibility index (Phi) is 8.36. The van der Waals surface area contributed by atoms with Crippen molar-refractivity contribution in [3.63, 3.8) is 0 Å². The molecule has 0 bridgehead atoms. The van der Waals surface area contributed by atoms with E-state index in [1.165, 1.54) is 10.3 Å². The van der Waals surface area contributed by atoms with E-state index in [1.54, 1.807) is 29.5 Å². The molecule has 0 saturated heterocycles. The van der Waals surface area contributed by atoms with E-state index in [0.29, 0.717) is 18.7 Å². The van der Waals surface area contributed by atoms with Gasteiger partial charge in [0.25, 0.3) is 0 Å². The predicted molar refractivity (Wildman–Crippen MR) is 114 cm³/mol. The Bertz CT molecular complexity index is 892. The largest absolute Gasteiger partial charge is 0.480 e. The summed E-state index contributed by atoms with van der Waals surface area (Å²) in [7, 11) is 4.65. The van der Waals surface area contributed by atoms with Crippen LogP contribution in [0.15, 0.2) is 35.3 Å². The molecule has 2 rings (SSSR count). The van der Waals surface area contributed by atoms with Crippen molar-refractivity contribution in [1.29, 1.82) is 0 Å². The molecule has 0 radical (unpaired) electrons.